The van der Waals surface area contributed by atoms with E-state index in [4.69, 9.17) is 4.74 Å². The van der Waals surface area contributed by atoms with Crippen molar-refractivity contribution >= 4 is 0 Å². The van der Waals surface area contributed by atoms with E-state index in [9.17, 15) is 8.78 Å². The third-order valence-corrected chi connectivity index (χ3v) is 3.17. The van der Waals surface area contributed by atoms with Gasteiger partial charge in [0.15, 0.2) is 0 Å². The summed E-state index contributed by atoms with van der Waals surface area (Å²) in [4.78, 5) is 0. The molecule has 0 amide bonds. The zero-order chi connectivity index (χ0) is 13.5. The van der Waals surface area contributed by atoms with E-state index in [0.29, 0.717) is 5.92 Å². The molecule has 1 saturated heterocycles. The highest BCUT2D eigenvalue weighted by molar-refractivity contribution is 5.27. The van der Waals surface area contributed by atoms with Crippen LogP contribution in [-0.4, -0.2) is 26.4 Å². The van der Waals surface area contributed by atoms with Crippen LogP contribution in [0.15, 0.2) is 24.3 Å². The van der Waals surface area contributed by atoms with Crippen LogP contribution in [0.5, 0.6) is 5.75 Å². The highest BCUT2D eigenvalue weighted by Crippen LogP contribution is 2.15. The number of benzene rings is 1. The van der Waals surface area contributed by atoms with Gasteiger partial charge >= 0.3 is 6.61 Å². The topological polar surface area (TPSA) is 30.5 Å². The molecule has 0 aliphatic carbocycles. The first kappa shape index (κ1) is 14.2. The molecule has 1 aliphatic rings. The molecule has 1 N–H and O–H groups in total. The van der Waals surface area contributed by atoms with Crippen LogP contribution in [0.25, 0.3) is 0 Å². The quantitative estimate of drug-likeness (QED) is 0.863. The molecule has 2 rings (SSSR count). The van der Waals surface area contributed by atoms with E-state index in [1.165, 1.54) is 6.42 Å². The second-order valence-electron chi connectivity index (χ2n) is 4.74. The number of hydrogen-bond donors (Lipinski definition) is 1. The molecule has 0 bridgehead atoms. The number of nitrogens with one attached hydrogen (secondary N) is 1. The third-order valence-electron chi connectivity index (χ3n) is 3.17. The van der Waals surface area contributed by atoms with Gasteiger partial charge in [0.2, 0.25) is 0 Å². The Balaban J connectivity index is 1.70. The Labute approximate surface area is 111 Å². The lowest BCUT2D eigenvalue weighted by Gasteiger charge is -2.22. The molecule has 5 heteroatoms. The minimum Gasteiger partial charge on any atom is -0.435 e. The van der Waals surface area contributed by atoms with Crippen molar-refractivity contribution in [2.75, 3.05) is 19.8 Å². The monoisotopic (exact) mass is 271 g/mol. The Kier molecular flexibility index (Phi) is 5.54. The molecule has 1 fully saturated rings. The molecule has 1 atom stereocenters. The number of halogens is 2. The van der Waals surface area contributed by atoms with Gasteiger partial charge in [-0.3, -0.25) is 0 Å². The molecule has 106 valence electrons. The van der Waals surface area contributed by atoms with E-state index in [1.54, 1.807) is 24.3 Å². The Morgan fingerprint density at radius 1 is 1.32 bits per heavy atom. The fourth-order valence-electron chi connectivity index (χ4n) is 2.18. The predicted octanol–water partition coefficient (Wildman–Crippen LogP) is 2.80. The maximum Gasteiger partial charge on any atom is 0.387 e. The summed E-state index contributed by atoms with van der Waals surface area (Å²) in [6.07, 6.45) is 2.33. The van der Waals surface area contributed by atoms with Gasteiger partial charge in [0.25, 0.3) is 0 Å². The zero-order valence-corrected chi connectivity index (χ0v) is 10.8. The maximum atomic E-state index is 12.0. The van der Waals surface area contributed by atoms with Crippen LogP contribution in [0, 0.1) is 5.92 Å². The number of alkyl halides is 2. The Morgan fingerprint density at radius 3 is 2.74 bits per heavy atom. The van der Waals surface area contributed by atoms with Gasteiger partial charge in [0, 0.05) is 19.7 Å². The smallest absolute Gasteiger partial charge is 0.387 e. The summed E-state index contributed by atoms with van der Waals surface area (Å²) in [7, 11) is 0. The fraction of sp³-hybridized carbons (Fsp3) is 0.571. The molecule has 1 heterocycles. The lowest BCUT2D eigenvalue weighted by atomic mass is 10.0. The van der Waals surface area contributed by atoms with Gasteiger partial charge in [0.05, 0.1) is 6.61 Å². The van der Waals surface area contributed by atoms with Gasteiger partial charge in [-0.1, -0.05) is 12.1 Å². The van der Waals surface area contributed by atoms with E-state index >= 15 is 0 Å². The van der Waals surface area contributed by atoms with Crippen molar-refractivity contribution in [1.29, 1.82) is 0 Å². The van der Waals surface area contributed by atoms with Crippen molar-refractivity contribution in [3.8, 4) is 5.75 Å². The standard InChI is InChI=1S/C14H19F2NO2/c15-14(16)19-13-5-3-11(4-6-13)8-17-9-12-2-1-7-18-10-12/h3-6,12,14,17H,1-2,7-10H2. The van der Waals surface area contributed by atoms with Crippen LogP contribution >= 0.6 is 0 Å². The number of hydrogen-bond acceptors (Lipinski definition) is 3. The summed E-state index contributed by atoms with van der Waals surface area (Å²) in [5.41, 5.74) is 1.05. The average Bonchev–Trinajstić information content (AvgIpc) is 2.41. The van der Waals surface area contributed by atoms with Crippen LogP contribution in [0.2, 0.25) is 0 Å². The second-order valence-corrected chi connectivity index (χ2v) is 4.74. The molecule has 1 unspecified atom stereocenters. The van der Waals surface area contributed by atoms with E-state index in [-0.39, 0.29) is 5.75 Å². The summed E-state index contributed by atoms with van der Waals surface area (Å²) in [5.74, 6) is 0.773. The van der Waals surface area contributed by atoms with Crippen LogP contribution in [0.4, 0.5) is 8.78 Å². The van der Waals surface area contributed by atoms with Crippen LogP contribution < -0.4 is 10.1 Å². The van der Waals surface area contributed by atoms with Crippen molar-refractivity contribution in [3.05, 3.63) is 29.8 Å². The molecular weight excluding hydrogens is 252 g/mol. The molecule has 0 radical (unpaired) electrons. The first-order valence-corrected chi connectivity index (χ1v) is 6.56. The van der Waals surface area contributed by atoms with Gasteiger partial charge in [-0.05, 0) is 36.5 Å². The Bertz CT molecular complexity index is 364. The third kappa shape index (κ3) is 5.12. The van der Waals surface area contributed by atoms with Crippen molar-refractivity contribution in [3.63, 3.8) is 0 Å². The summed E-state index contributed by atoms with van der Waals surface area (Å²) in [6.45, 7) is 0.590. The average molecular weight is 271 g/mol. The molecule has 19 heavy (non-hydrogen) atoms. The van der Waals surface area contributed by atoms with Crippen molar-refractivity contribution in [2.45, 2.75) is 26.0 Å². The predicted molar refractivity (Wildman–Crippen MR) is 68.3 cm³/mol. The van der Waals surface area contributed by atoms with E-state index in [0.717, 1.165) is 38.3 Å². The maximum absolute atomic E-state index is 12.0. The SMILES string of the molecule is FC(F)Oc1ccc(CNCC2CCCOC2)cc1. The molecule has 0 spiro atoms. The van der Waals surface area contributed by atoms with Crippen LogP contribution in [-0.2, 0) is 11.3 Å². The van der Waals surface area contributed by atoms with Gasteiger partial charge in [-0.2, -0.15) is 8.78 Å². The van der Waals surface area contributed by atoms with Gasteiger partial charge in [-0.25, -0.2) is 0 Å². The fourth-order valence-corrected chi connectivity index (χ4v) is 2.18. The molecule has 1 aliphatic heterocycles. The van der Waals surface area contributed by atoms with Crippen molar-refractivity contribution < 1.29 is 18.3 Å². The first-order valence-electron chi connectivity index (χ1n) is 6.56. The van der Waals surface area contributed by atoms with Gasteiger partial charge in [-0.15, -0.1) is 0 Å². The second kappa shape index (κ2) is 7.40. The van der Waals surface area contributed by atoms with Crippen molar-refractivity contribution in [1.82, 2.24) is 5.32 Å². The number of ether oxygens (including phenoxy) is 2. The Morgan fingerprint density at radius 2 is 2.11 bits per heavy atom. The molecular formula is C14H19F2NO2. The first-order chi connectivity index (χ1) is 9.24. The van der Waals surface area contributed by atoms with Crippen LogP contribution in [0.3, 0.4) is 0 Å². The van der Waals surface area contributed by atoms with E-state index in [2.05, 4.69) is 10.1 Å². The zero-order valence-electron chi connectivity index (χ0n) is 10.8. The van der Waals surface area contributed by atoms with E-state index < -0.39 is 6.61 Å². The molecule has 1 aromatic rings. The largest absolute Gasteiger partial charge is 0.435 e. The summed E-state index contributed by atoms with van der Waals surface area (Å²) < 4.78 is 33.7. The van der Waals surface area contributed by atoms with Crippen LogP contribution in [0.1, 0.15) is 18.4 Å². The minimum atomic E-state index is -2.77. The highest BCUT2D eigenvalue weighted by atomic mass is 19.3. The van der Waals surface area contributed by atoms with Gasteiger partial charge < -0.3 is 14.8 Å². The lowest BCUT2D eigenvalue weighted by molar-refractivity contribution is -0.0498. The number of rotatable bonds is 6. The summed E-state index contributed by atoms with van der Waals surface area (Å²) in [5, 5.41) is 3.36. The minimum absolute atomic E-state index is 0.194. The molecule has 0 aromatic heterocycles. The summed E-state index contributed by atoms with van der Waals surface area (Å²) >= 11 is 0. The normalized spacial score (nSPS) is 19.6. The molecule has 3 nitrogen and oxygen atoms in total. The molecule has 0 saturated carbocycles. The van der Waals surface area contributed by atoms with Crippen molar-refractivity contribution in [2.24, 2.45) is 5.92 Å². The van der Waals surface area contributed by atoms with Gasteiger partial charge in [0.1, 0.15) is 5.75 Å². The van der Waals surface area contributed by atoms with E-state index in [1.807, 2.05) is 0 Å². The molecule has 1 aromatic carbocycles. The lowest BCUT2D eigenvalue weighted by Crippen LogP contribution is -2.28. The highest BCUT2D eigenvalue weighted by Gasteiger charge is 2.12. The Hall–Kier alpha value is -1.20. The summed E-state index contributed by atoms with van der Waals surface area (Å²) in [6, 6.07) is 6.71.